The summed E-state index contributed by atoms with van der Waals surface area (Å²) < 4.78 is 30.3. The lowest BCUT2D eigenvalue weighted by atomic mass is 10.1. The van der Waals surface area contributed by atoms with Gasteiger partial charge in [-0.1, -0.05) is 78.9 Å². The van der Waals surface area contributed by atoms with Gasteiger partial charge in [0.05, 0.1) is 4.90 Å². The number of sulfonamides is 1. The van der Waals surface area contributed by atoms with Crippen molar-refractivity contribution in [1.29, 1.82) is 0 Å². The maximum absolute atomic E-state index is 12.1. The second-order valence-corrected chi connectivity index (χ2v) is 8.21. The second kappa shape index (κ2) is 8.03. The van der Waals surface area contributed by atoms with Crippen molar-refractivity contribution in [2.45, 2.75) is 17.7 Å². The van der Waals surface area contributed by atoms with Gasteiger partial charge in [0, 0.05) is 17.5 Å². The number of benzene rings is 3. The first-order valence-electron chi connectivity index (χ1n) is 9.23. The third kappa shape index (κ3) is 4.29. The van der Waals surface area contributed by atoms with Crippen LogP contribution in [0, 0.1) is 0 Å². The molecule has 0 unspecified atom stereocenters. The molecule has 1 aromatic heterocycles. The van der Waals surface area contributed by atoms with Crippen molar-refractivity contribution < 1.29 is 12.8 Å². The van der Waals surface area contributed by atoms with E-state index in [4.69, 9.17) is 9.56 Å². The van der Waals surface area contributed by atoms with Crippen molar-refractivity contribution in [3.8, 4) is 22.6 Å². The van der Waals surface area contributed by atoms with E-state index in [2.05, 4.69) is 17.1 Å². The van der Waals surface area contributed by atoms with Crippen molar-refractivity contribution >= 4 is 10.0 Å². The minimum Gasteiger partial charge on any atom is -0.440 e. The molecule has 0 bridgehead atoms. The van der Waals surface area contributed by atoms with E-state index in [0.717, 1.165) is 12.0 Å². The number of hydrogen-bond donors (Lipinski definition) is 1. The molecule has 1 heterocycles. The van der Waals surface area contributed by atoms with Gasteiger partial charge in [-0.25, -0.2) is 18.5 Å². The highest BCUT2D eigenvalue weighted by molar-refractivity contribution is 7.89. The third-order valence-corrected chi connectivity index (χ3v) is 5.60. The Kier molecular flexibility index (Phi) is 5.29. The van der Waals surface area contributed by atoms with Crippen LogP contribution >= 0.6 is 0 Å². The molecule has 5 nitrogen and oxygen atoms in total. The van der Waals surface area contributed by atoms with Crippen molar-refractivity contribution in [2.75, 3.05) is 0 Å². The van der Waals surface area contributed by atoms with Crippen LogP contribution in [0.15, 0.2) is 94.2 Å². The molecule has 0 saturated heterocycles. The fourth-order valence-electron chi connectivity index (χ4n) is 3.25. The van der Waals surface area contributed by atoms with E-state index in [1.807, 2.05) is 48.5 Å². The minimum absolute atomic E-state index is 0.0279. The molecule has 3 aromatic carbocycles. The molecule has 6 heteroatoms. The monoisotopic (exact) mass is 404 g/mol. The zero-order valence-corrected chi connectivity index (χ0v) is 16.5. The Bertz CT molecular complexity index is 1220. The molecule has 4 aromatic rings. The SMILES string of the molecule is NS(=O)(=O)c1ccccc1-c1nc(CCc2ccccc2)oc1-c1ccccc1. The zero-order chi connectivity index (χ0) is 20.3. The summed E-state index contributed by atoms with van der Waals surface area (Å²) in [4.78, 5) is 4.69. The van der Waals surface area contributed by atoms with E-state index in [1.165, 1.54) is 11.6 Å². The first-order valence-corrected chi connectivity index (χ1v) is 10.8. The minimum atomic E-state index is -3.91. The van der Waals surface area contributed by atoms with E-state index in [9.17, 15) is 8.42 Å². The van der Waals surface area contributed by atoms with Crippen LogP contribution < -0.4 is 5.14 Å². The summed E-state index contributed by atoms with van der Waals surface area (Å²) in [6.07, 6.45) is 1.37. The summed E-state index contributed by atoms with van der Waals surface area (Å²) in [5, 5.41) is 5.44. The highest BCUT2D eigenvalue weighted by Crippen LogP contribution is 2.35. The average molecular weight is 404 g/mol. The molecular formula is C23H20N2O3S. The van der Waals surface area contributed by atoms with Crippen molar-refractivity contribution in [3.05, 3.63) is 96.4 Å². The Labute approximate surface area is 169 Å². The van der Waals surface area contributed by atoms with E-state index in [0.29, 0.717) is 29.3 Å². The van der Waals surface area contributed by atoms with Gasteiger partial charge in [-0.05, 0) is 18.1 Å². The molecule has 0 aliphatic heterocycles. The van der Waals surface area contributed by atoms with Crippen molar-refractivity contribution in [2.24, 2.45) is 5.14 Å². The normalized spacial score (nSPS) is 11.5. The van der Waals surface area contributed by atoms with Crippen LogP contribution in [0.3, 0.4) is 0 Å². The standard InChI is InChI=1S/C23H20N2O3S/c24-29(26,27)20-14-8-7-13-19(20)22-23(18-11-5-2-6-12-18)28-21(25-22)16-15-17-9-3-1-4-10-17/h1-14H,15-16H2,(H2,24,26,27). The van der Waals surface area contributed by atoms with Crippen LogP contribution in [0.1, 0.15) is 11.5 Å². The largest absolute Gasteiger partial charge is 0.440 e. The lowest BCUT2D eigenvalue weighted by Crippen LogP contribution is -2.13. The van der Waals surface area contributed by atoms with E-state index < -0.39 is 10.0 Å². The summed E-state index contributed by atoms with van der Waals surface area (Å²) in [5.74, 6) is 1.08. The maximum Gasteiger partial charge on any atom is 0.238 e. The van der Waals surface area contributed by atoms with E-state index >= 15 is 0 Å². The first kappa shape index (κ1) is 19.1. The molecular weight excluding hydrogens is 384 g/mol. The number of aromatic nitrogens is 1. The summed E-state index contributed by atoms with van der Waals surface area (Å²) in [6.45, 7) is 0. The van der Waals surface area contributed by atoms with Crippen LogP contribution in [-0.2, 0) is 22.9 Å². The van der Waals surface area contributed by atoms with Crippen LogP contribution in [0.2, 0.25) is 0 Å². The Hall–Kier alpha value is -3.22. The number of oxazole rings is 1. The molecule has 146 valence electrons. The molecule has 0 radical (unpaired) electrons. The van der Waals surface area contributed by atoms with Gasteiger partial charge in [0.2, 0.25) is 10.0 Å². The summed E-state index contributed by atoms with van der Waals surface area (Å²) in [6, 6.07) is 26.2. The highest BCUT2D eigenvalue weighted by atomic mass is 32.2. The Morgan fingerprint density at radius 3 is 2.10 bits per heavy atom. The molecule has 4 rings (SSSR count). The lowest BCUT2D eigenvalue weighted by Gasteiger charge is -2.06. The van der Waals surface area contributed by atoms with Gasteiger partial charge in [0.1, 0.15) is 5.69 Å². The predicted octanol–water partition coefficient (Wildman–Crippen LogP) is 4.44. The summed E-state index contributed by atoms with van der Waals surface area (Å²) in [7, 11) is -3.91. The van der Waals surface area contributed by atoms with Gasteiger partial charge in [-0.2, -0.15) is 0 Å². The smallest absolute Gasteiger partial charge is 0.238 e. The fraction of sp³-hybridized carbons (Fsp3) is 0.0870. The summed E-state index contributed by atoms with van der Waals surface area (Å²) >= 11 is 0. The molecule has 0 atom stereocenters. The van der Waals surface area contributed by atoms with Gasteiger partial charge in [-0.3, -0.25) is 0 Å². The molecule has 0 aliphatic carbocycles. The number of nitrogens with zero attached hydrogens (tertiary/aromatic N) is 1. The van der Waals surface area contributed by atoms with Gasteiger partial charge < -0.3 is 4.42 Å². The number of aryl methyl sites for hydroxylation is 2. The van der Waals surface area contributed by atoms with Gasteiger partial charge in [0.25, 0.3) is 0 Å². The number of rotatable bonds is 6. The Morgan fingerprint density at radius 2 is 1.41 bits per heavy atom. The summed E-state index contributed by atoms with van der Waals surface area (Å²) in [5.41, 5.74) is 2.91. The predicted molar refractivity (Wildman–Crippen MR) is 113 cm³/mol. The van der Waals surface area contributed by atoms with Gasteiger partial charge in [-0.15, -0.1) is 0 Å². The lowest BCUT2D eigenvalue weighted by molar-refractivity contribution is 0.505. The molecule has 0 spiro atoms. The number of hydrogen-bond acceptors (Lipinski definition) is 4. The number of nitrogens with two attached hydrogens (primary N) is 1. The van der Waals surface area contributed by atoms with Crippen LogP contribution in [0.4, 0.5) is 0 Å². The van der Waals surface area contributed by atoms with Crippen molar-refractivity contribution in [3.63, 3.8) is 0 Å². The van der Waals surface area contributed by atoms with Gasteiger partial charge >= 0.3 is 0 Å². The topological polar surface area (TPSA) is 86.2 Å². The van der Waals surface area contributed by atoms with Crippen LogP contribution in [0.5, 0.6) is 0 Å². The van der Waals surface area contributed by atoms with E-state index in [-0.39, 0.29) is 4.90 Å². The quantitative estimate of drug-likeness (QED) is 0.515. The third-order valence-electron chi connectivity index (χ3n) is 4.63. The first-order chi connectivity index (χ1) is 14.0. The van der Waals surface area contributed by atoms with Gasteiger partial charge in [0.15, 0.2) is 11.7 Å². The Balaban J connectivity index is 1.80. The fourth-order valence-corrected chi connectivity index (χ4v) is 3.98. The van der Waals surface area contributed by atoms with E-state index in [1.54, 1.807) is 18.2 Å². The molecule has 0 saturated carbocycles. The Morgan fingerprint density at radius 1 is 0.793 bits per heavy atom. The zero-order valence-electron chi connectivity index (χ0n) is 15.7. The molecule has 29 heavy (non-hydrogen) atoms. The second-order valence-electron chi connectivity index (χ2n) is 6.68. The molecule has 0 amide bonds. The highest BCUT2D eigenvalue weighted by Gasteiger charge is 2.22. The van der Waals surface area contributed by atoms with Crippen LogP contribution in [0.25, 0.3) is 22.6 Å². The van der Waals surface area contributed by atoms with Crippen molar-refractivity contribution in [1.82, 2.24) is 4.98 Å². The molecule has 0 fully saturated rings. The molecule has 0 aliphatic rings. The average Bonchev–Trinajstić information content (AvgIpc) is 3.17. The number of primary sulfonamides is 1. The maximum atomic E-state index is 12.1. The molecule has 2 N–H and O–H groups in total. The van der Waals surface area contributed by atoms with Crippen LogP contribution in [-0.4, -0.2) is 13.4 Å².